The maximum Gasteiger partial charge on any atom is 0.306 e. The maximum absolute atomic E-state index is 12.9. The lowest BCUT2D eigenvalue weighted by molar-refractivity contribution is -0.167. The number of ether oxygens (including phenoxy) is 3. The van der Waals surface area contributed by atoms with E-state index in [2.05, 4.69) is 32.9 Å². The third kappa shape index (κ3) is 61.0. The molecule has 0 aliphatic carbocycles. The first-order valence-corrected chi connectivity index (χ1v) is 33.7. The molecular weight excluding hydrogens is 913 g/mol. The number of rotatable bonds is 63. The number of carbonyl (C=O) groups excluding carboxylic acids is 3. The van der Waals surface area contributed by atoms with Crippen LogP contribution < -0.4 is 0 Å². The van der Waals surface area contributed by atoms with E-state index in [1.807, 2.05) is 0 Å². The lowest BCUT2D eigenvalue weighted by atomic mass is 10.0. The van der Waals surface area contributed by atoms with Crippen molar-refractivity contribution in [1.82, 2.24) is 0 Å². The van der Waals surface area contributed by atoms with Gasteiger partial charge in [0.25, 0.3) is 0 Å². The molecule has 74 heavy (non-hydrogen) atoms. The van der Waals surface area contributed by atoms with Crippen molar-refractivity contribution in [3.05, 3.63) is 12.2 Å². The van der Waals surface area contributed by atoms with Crippen LogP contribution in [0.25, 0.3) is 0 Å². The van der Waals surface area contributed by atoms with Crippen LogP contribution in [0.15, 0.2) is 12.2 Å². The molecule has 0 N–H and O–H groups in total. The average Bonchev–Trinajstić information content (AvgIpc) is 3.40. The highest BCUT2D eigenvalue weighted by Crippen LogP contribution is 2.19. The van der Waals surface area contributed by atoms with Crippen molar-refractivity contribution >= 4 is 17.9 Å². The second-order valence-corrected chi connectivity index (χ2v) is 23.1. The number of hydrogen-bond acceptors (Lipinski definition) is 6. The summed E-state index contributed by atoms with van der Waals surface area (Å²) in [7, 11) is 0. The van der Waals surface area contributed by atoms with Crippen LogP contribution in [0.4, 0.5) is 0 Å². The normalized spacial score (nSPS) is 12.0. The minimum atomic E-state index is -0.764. The molecule has 0 saturated heterocycles. The van der Waals surface area contributed by atoms with E-state index in [0.717, 1.165) is 57.8 Å². The molecule has 0 heterocycles. The summed E-state index contributed by atoms with van der Waals surface area (Å²) in [4.78, 5) is 38.1. The molecule has 1 atom stereocenters. The van der Waals surface area contributed by atoms with Crippen molar-refractivity contribution in [3.8, 4) is 0 Å². The van der Waals surface area contributed by atoms with Crippen LogP contribution >= 0.6 is 0 Å². The van der Waals surface area contributed by atoms with Gasteiger partial charge in [-0.25, -0.2) is 0 Å². The van der Waals surface area contributed by atoms with Crippen LogP contribution in [-0.4, -0.2) is 37.2 Å². The van der Waals surface area contributed by atoms with Gasteiger partial charge in [-0.15, -0.1) is 0 Å². The van der Waals surface area contributed by atoms with E-state index in [-0.39, 0.29) is 31.1 Å². The first-order valence-electron chi connectivity index (χ1n) is 33.7. The van der Waals surface area contributed by atoms with E-state index < -0.39 is 6.10 Å². The lowest BCUT2D eigenvalue weighted by Crippen LogP contribution is -2.30. The Balaban J connectivity index is 4.03. The molecule has 0 aliphatic rings. The standard InChI is InChI=1S/C68H130O6/c1-4-7-10-13-16-18-20-22-24-26-28-30-32-33-34-36-37-39-41-43-45-47-49-52-55-58-61-67(70)73-64-65(63-72-66(69)60-57-54-51-15-12-9-6-3)74-68(71)62-59-56-53-50-48-46-44-42-40-38-35-31-29-27-25-23-21-19-17-14-11-8-5-2/h27,29,65H,4-26,28,30-64H2,1-3H3/b29-27-. The monoisotopic (exact) mass is 1040 g/mol. The Morgan fingerprint density at radius 1 is 0.257 bits per heavy atom. The van der Waals surface area contributed by atoms with Crippen molar-refractivity contribution in [2.75, 3.05) is 13.2 Å². The molecule has 6 nitrogen and oxygen atoms in total. The summed E-state index contributed by atoms with van der Waals surface area (Å²) in [6.07, 6.45) is 75.5. The van der Waals surface area contributed by atoms with Gasteiger partial charge >= 0.3 is 17.9 Å². The molecule has 1 unspecified atom stereocenters. The molecule has 0 fully saturated rings. The van der Waals surface area contributed by atoms with Crippen LogP contribution in [0, 0.1) is 0 Å². The Morgan fingerprint density at radius 2 is 0.446 bits per heavy atom. The zero-order chi connectivity index (χ0) is 53.6. The van der Waals surface area contributed by atoms with Gasteiger partial charge in [-0.2, -0.15) is 0 Å². The quantitative estimate of drug-likeness (QED) is 0.0261. The van der Waals surface area contributed by atoms with Gasteiger partial charge in [-0.3, -0.25) is 14.4 Å². The van der Waals surface area contributed by atoms with Crippen molar-refractivity contribution in [1.29, 1.82) is 0 Å². The number of hydrogen-bond donors (Lipinski definition) is 0. The molecule has 0 spiro atoms. The van der Waals surface area contributed by atoms with Crippen LogP contribution in [-0.2, 0) is 28.6 Å². The molecule has 6 heteroatoms. The zero-order valence-electron chi connectivity index (χ0n) is 50.4. The molecule has 0 aromatic heterocycles. The number of allylic oxidation sites excluding steroid dienone is 2. The molecule has 0 aromatic rings. The second kappa shape index (κ2) is 63.7. The summed E-state index contributed by atoms with van der Waals surface area (Å²) < 4.78 is 16.9. The van der Waals surface area contributed by atoms with Crippen molar-refractivity contribution in [2.24, 2.45) is 0 Å². The molecule has 438 valence electrons. The second-order valence-electron chi connectivity index (χ2n) is 23.1. The molecule has 0 radical (unpaired) electrons. The fourth-order valence-corrected chi connectivity index (χ4v) is 10.4. The van der Waals surface area contributed by atoms with Gasteiger partial charge in [0.15, 0.2) is 6.10 Å². The van der Waals surface area contributed by atoms with Gasteiger partial charge in [-0.1, -0.05) is 335 Å². The van der Waals surface area contributed by atoms with E-state index in [1.54, 1.807) is 0 Å². The Morgan fingerprint density at radius 3 is 0.676 bits per heavy atom. The fourth-order valence-electron chi connectivity index (χ4n) is 10.4. The van der Waals surface area contributed by atoms with Gasteiger partial charge in [0.1, 0.15) is 13.2 Å². The third-order valence-corrected chi connectivity index (χ3v) is 15.5. The lowest BCUT2D eigenvalue weighted by Gasteiger charge is -2.18. The summed E-state index contributed by atoms with van der Waals surface area (Å²) in [6.45, 7) is 6.67. The number of esters is 3. The maximum atomic E-state index is 12.9. The Bertz CT molecular complexity index is 1150. The highest BCUT2D eigenvalue weighted by atomic mass is 16.6. The molecule has 0 rings (SSSR count). The van der Waals surface area contributed by atoms with Crippen LogP contribution in [0.1, 0.15) is 387 Å². The largest absolute Gasteiger partial charge is 0.462 e. The van der Waals surface area contributed by atoms with Crippen molar-refractivity contribution < 1.29 is 28.6 Å². The molecule has 0 bridgehead atoms. The van der Waals surface area contributed by atoms with E-state index in [0.29, 0.717) is 19.3 Å². The van der Waals surface area contributed by atoms with Crippen LogP contribution in [0.3, 0.4) is 0 Å². The van der Waals surface area contributed by atoms with Gasteiger partial charge < -0.3 is 14.2 Å². The Kier molecular flexibility index (Phi) is 62.1. The van der Waals surface area contributed by atoms with E-state index in [1.165, 1.54) is 289 Å². The van der Waals surface area contributed by atoms with E-state index >= 15 is 0 Å². The summed E-state index contributed by atoms with van der Waals surface area (Å²) in [5.74, 6) is -0.843. The SMILES string of the molecule is CCCCCCCCCC/C=C\CCCCCCCCCCCCCC(=O)OC(COC(=O)CCCCCCCCC)COC(=O)CCCCCCCCCCCCCCCCCCCCCCCCCCCC. The summed E-state index contributed by atoms with van der Waals surface area (Å²) in [5.41, 5.74) is 0. The number of carbonyl (C=O) groups is 3. The fraction of sp³-hybridized carbons (Fsp3) is 0.926. The smallest absolute Gasteiger partial charge is 0.306 e. The average molecular weight is 1040 g/mol. The first kappa shape index (κ1) is 72.2. The predicted molar refractivity (Wildman–Crippen MR) is 321 cm³/mol. The summed E-state index contributed by atoms with van der Waals surface area (Å²) in [6, 6.07) is 0. The predicted octanol–water partition coefficient (Wildman–Crippen LogP) is 22.8. The minimum absolute atomic E-state index is 0.0643. The van der Waals surface area contributed by atoms with Gasteiger partial charge in [0.2, 0.25) is 0 Å². The zero-order valence-corrected chi connectivity index (χ0v) is 50.4. The van der Waals surface area contributed by atoms with Gasteiger partial charge in [0, 0.05) is 19.3 Å². The first-order chi connectivity index (χ1) is 36.5. The van der Waals surface area contributed by atoms with E-state index in [9.17, 15) is 14.4 Å². The van der Waals surface area contributed by atoms with Gasteiger partial charge in [0.05, 0.1) is 0 Å². The van der Waals surface area contributed by atoms with Crippen LogP contribution in [0.2, 0.25) is 0 Å². The summed E-state index contributed by atoms with van der Waals surface area (Å²) >= 11 is 0. The van der Waals surface area contributed by atoms with Crippen molar-refractivity contribution in [3.63, 3.8) is 0 Å². The topological polar surface area (TPSA) is 78.9 Å². The Labute approximate surface area is 462 Å². The molecule has 0 saturated carbocycles. The highest BCUT2D eigenvalue weighted by Gasteiger charge is 2.19. The molecule has 0 aliphatic heterocycles. The molecule has 0 amide bonds. The summed E-state index contributed by atoms with van der Waals surface area (Å²) in [5, 5.41) is 0. The highest BCUT2D eigenvalue weighted by molar-refractivity contribution is 5.71. The molecule has 0 aromatic carbocycles. The van der Waals surface area contributed by atoms with E-state index in [4.69, 9.17) is 14.2 Å². The minimum Gasteiger partial charge on any atom is -0.462 e. The van der Waals surface area contributed by atoms with Gasteiger partial charge in [-0.05, 0) is 44.9 Å². The number of unbranched alkanes of at least 4 members (excludes halogenated alkanes) is 50. The van der Waals surface area contributed by atoms with Crippen molar-refractivity contribution in [2.45, 2.75) is 393 Å². The molecular formula is C68H130O6. The van der Waals surface area contributed by atoms with Crippen LogP contribution in [0.5, 0.6) is 0 Å². The Hall–Kier alpha value is -1.85. The third-order valence-electron chi connectivity index (χ3n) is 15.5.